The van der Waals surface area contributed by atoms with Crippen LogP contribution in [0.4, 0.5) is 4.79 Å². The molecule has 150 valence electrons. The van der Waals surface area contributed by atoms with E-state index in [9.17, 15) is 4.79 Å². The molecule has 0 saturated carbocycles. The zero-order valence-electron chi connectivity index (χ0n) is 17.2. The van der Waals surface area contributed by atoms with E-state index in [0.717, 1.165) is 25.9 Å². The molecule has 4 nitrogen and oxygen atoms in total. The van der Waals surface area contributed by atoms with E-state index in [0.29, 0.717) is 12.5 Å². The third-order valence-corrected chi connectivity index (χ3v) is 5.16. The topological polar surface area (TPSA) is 41.6 Å². The highest BCUT2D eigenvalue weighted by Crippen LogP contribution is 2.29. The Balaban J connectivity index is 1.66. The highest BCUT2D eigenvalue weighted by Gasteiger charge is 2.33. The van der Waals surface area contributed by atoms with Crippen molar-refractivity contribution in [2.45, 2.75) is 51.2 Å². The fourth-order valence-corrected chi connectivity index (χ4v) is 3.80. The zero-order valence-corrected chi connectivity index (χ0v) is 17.2. The van der Waals surface area contributed by atoms with Crippen LogP contribution in [0.25, 0.3) is 0 Å². The molecule has 0 bridgehead atoms. The first-order valence-electron chi connectivity index (χ1n) is 10.2. The summed E-state index contributed by atoms with van der Waals surface area (Å²) in [5, 5.41) is 3.72. The van der Waals surface area contributed by atoms with Crippen LogP contribution in [0.3, 0.4) is 0 Å². The third-order valence-electron chi connectivity index (χ3n) is 5.16. The lowest BCUT2D eigenvalue weighted by Crippen LogP contribution is -2.53. The first-order chi connectivity index (χ1) is 13.4. The molecule has 3 rings (SSSR count). The second-order valence-corrected chi connectivity index (χ2v) is 8.53. The van der Waals surface area contributed by atoms with Gasteiger partial charge >= 0.3 is 6.09 Å². The summed E-state index contributed by atoms with van der Waals surface area (Å²) in [5.74, 6) is 0.399. The second-order valence-electron chi connectivity index (χ2n) is 8.53. The standard InChI is InChI=1S/C24H32N2O2/c1-24(2,3)28-23(27)26-17-15-21(20-12-8-5-9-13-20)22(18-26)25-16-14-19-10-6-4-7-11-19/h4-13,21-22,25H,14-18H2,1-3H3. The van der Waals surface area contributed by atoms with Gasteiger partial charge in [0.1, 0.15) is 5.60 Å². The van der Waals surface area contributed by atoms with E-state index in [2.05, 4.69) is 59.9 Å². The number of hydrogen-bond acceptors (Lipinski definition) is 3. The van der Waals surface area contributed by atoms with E-state index in [1.54, 1.807) is 0 Å². The number of benzene rings is 2. The number of rotatable bonds is 5. The van der Waals surface area contributed by atoms with Crippen molar-refractivity contribution in [2.75, 3.05) is 19.6 Å². The Labute approximate surface area is 168 Å². The lowest BCUT2D eigenvalue weighted by atomic mass is 9.85. The number of piperidine rings is 1. The quantitative estimate of drug-likeness (QED) is 0.823. The minimum Gasteiger partial charge on any atom is -0.444 e. The van der Waals surface area contributed by atoms with Gasteiger partial charge in [-0.25, -0.2) is 4.79 Å². The van der Waals surface area contributed by atoms with Crippen LogP contribution in [-0.2, 0) is 11.2 Å². The van der Waals surface area contributed by atoms with Gasteiger partial charge in [-0.3, -0.25) is 0 Å². The summed E-state index contributed by atoms with van der Waals surface area (Å²) < 4.78 is 5.60. The summed E-state index contributed by atoms with van der Waals surface area (Å²) in [5.41, 5.74) is 2.19. The van der Waals surface area contributed by atoms with Crippen molar-refractivity contribution in [3.8, 4) is 0 Å². The average molecular weight is 381 g/mol. The van der Waals surface area contributed by atoms with Crippen LogP contribution in [-0.4, -0.2) is 42.3 Å². The molecule has 2 atom stereocenters. The molecule has 0 aliphatic carbocycles. The van der Waals surface area contributed by atoms with Gasteiger partial charge in [0.2, 0.25) is 0 Å². The van der Waals surface area contributed by atoms with Crippen LogP contribution >= 0.6 is 0 Å². The summed E-state index contributed by atoms with van der Waals surface area (Å²) in [6.07, 6.45) is 1.70. The molecular weight excluding hydrogens is 348 g/mol. The molecule has 2 unspecified atom stereocenters. The molecule has 0 spiro atoms. The maximum atomic E-state index is 12.6. The minimum atomic E-state index is -0.469. The first-order valence-corrected chi connectivity index (χ1v) is 10.2. The summed E-state index contributed by atoms with van der Waals surface area (Å²) in [7, 11) is 0. The summed E-state index contributed by atoms with van der Waals surface area (Å²) in [6, 6.07) is 21.4. The highest BCUT2D eigenvalue weighted by atomic mass is 16.6. The van der Waals surface area contributed by atoms with Crippen molar-refractivity contribution >= 4 is 6.09 Å². The van der Waals surface area contributed by atoms with Crippen LogP contribution in [0.5, 0.6) is 0 Å². The summed E-state index contributed by atoms with van der Waals surface area (Å²) in [6.45, 7) is 8.03. The van der Waals surface area contributed by atoms with E-state index in [1.165, 1.54) is 11.1 Å². The Kier molecular flexibility index (Phi) is 6.74. The molecule has 1 aliphatic heterocycles. The fraction of sp³-hybridized carbons (Fsp3) is 0.458. The van der Waals surface area contributed by atoms with Crippen molar-refractivity contribution in [1.29, 1.82) is 0 Å². The Morgan fingerprint density at radius 2 is 1.71 bits per heavy atom. The van der Waals surface area contributed by atoms with Gasteiger partial charge in [-0.1, -0.05) is 60.7 Å². The first kappa shape index (κ1) is 20.4. The molecule has 2 aromatic carbocycles. The van der Waals surface area contributed by atoms with Gasteiger partial charge in [0.25, 0.3) is 0 Å². The molecule has 1 N–H and O–H groups in total. The van der Waals surface area contributed by atoms with Crippen molar-refractivity contribution in [3.63, 3.8) is 0 Å². The van der Waals surface area contributed by atoms with Crippen LogP contribution in [0.15, 0.2) is 60.7 Å². The predicted molar refractivity (Wildman–Crippen MR) is 114 cm³/mol. The van der Waals surface area contributed by atoms with Gasteiger partial charge in [-0.2, -0.15) is 0 Å². The zero-order chi connectivity index (χ0) is 20.0. The van der Waals surface area contributed by atoms with Gasteiger partial charge < -0.3 is 15.0 Å². The van der Waals surface area contributed by atoms with Crippen LogP contribution in [0, 0.1) is 0 Å². The molecule has 28 heavy (non-hydrogen) atoms. The normalized spacial score (nSPS) is 20.0. The summed E-state index contributed by atoms with van der Waals surface area (Å²) in [4.78, 5) is 14.4. The molecule has 2 aromatic rings. The summed E-state index contributed by atoms with van der Waals surface area (Å²) >= 11 is 0. The smallest absolute Gasteiger partial charge is 0.410 e. The van der Waals surface area contributed by atoms with Gasteiger partial charge in [0, 0.05) is 25.0 Å². The lowest BCUT2D eigenvalue weighted by molar-refractivity contribution is 0.0171. The third kappa shape index (κ3) is 5.83. The molecule has 4 heteroatoms. The van der Waals surface area contributed by atoms with E-state index in [-0.39, 0.29) is 12.1 Å². The monoisotopic (exact) mass is 380 g/mol. The predicted octanol–water partition coefficient (Wildman–Crippen LogP) is 4.61. The number of carbonyl (C=O) groups is 1. The maximum Gasteiger partial charge on any atom is 0.410 e. The molecule has 1 saturated heterocycles. The molecule has 1 aliphatic rings. The minimum absolute atomic E-state index is 0.214. The van der Waals surface area contributed by atoms with Crippen LogP contribution < -0.4 is 5.32 Å². The van der Waals surface area contributed by atoms with Gasteiger partial charge in [0.15, 0.2) is 0 Å². The van der Waals surface area contributed by atoms with Crippen molar-refractivity contribution < 1.29 is 9.53 Å². The van der Waals surface area contributed by atoms with Crippen molar-refractivity contribution in [1.82, 2.24) is 10.2 Å². The maximum absolute atomic E-state index is 12.6. The molecule has 0 aromatic heterocycles. The number of amides is 1. The second kappa shape index (κ2) is 9.24. The SMILES string of the molecule is CC(C)(C)OC(=O)N1CCC(c2ccccc2)C(NCCc2ccccc2)C1. The number of carbonyl (C=O) groups excluding carboxylic acids is 1. The molecule has 0 radical (unpaired) electrons. The van der Waals surface area contributed by atoms with Gasteiger partial charge in [-0.15, -0.1) is 0 Å². The van der Waals surface area contributed by atoms with Crippen LogP contribution in [0.1, 0.15) is 44.2 Å². The van der Waals surface area contributed by atoms with Crippen LogP contribution in [0.2, 0.25) is 0 Å². The van der Waals surface area contributed by atoms with Crippen molar-refractivity contribution in [3.05, 3.63) is 71.8 Å². The number of nitrogens with zero attached hydrogens (tertiary/aromatic N) is 1. The Hall–Kier alpha value is -2.33. The van der Waals surface area contributed by atoms with Gasteiger partial charge in [0.05, 0.1) is 0 Å². The van der Waals surface area contributed by atoms with Gasteiger partial charge in [-0.05, 0) is 51.3 Å². The van der Waals surface area contributed by atoms with E-state index in [4.69, 9.17) is 4.74 Å². The van der Waals surface area contributed by atoms with Crippen molar-refractivity contribution in [2.24, 2.45) is 0 Å². The number of nitrogens with one attached hydrogen (secondary N) is 1. The average Bonchev–Trinajstić information content (AvgIpc) is 2.68. The number of ether oxygens (including phenoxy) is 1. The largest absolute Gasteiger partial charge is 0.444 e. The molecule has 1 heterocycles. The Bertz CT molecular complexity index is 740. The van der Waals surface area contributed by atoms with E-state index in [1.807, 2.05) is 31.7 Å². The Morgan fingerprint density at radius 1 is 1.07 bits per heavy atom. The van der Waals surface area contributed by atoms with E-state index < -0.39 is 5.60 Å². The Morgan fingerprint density at radius 3 is 2.36 bits per heavy atom. The molecule has 1 fully saturated rings. The lowest BCUT2D eigenvalue weighted by Gasteiger charge is -2.39. The highest BCUT2D eigenvalue weighted by molar-refractivity contribution is 5.68. The number of likely N-dealkylation sites (tertiary alicyclic amines) is 1. The van der Waals surface area contributed by atoms with E-state index >= 15 is 0 Å². The molecule has 1 amide bonds. The molecular formula is C24H32N2O2. The fourth-order valence-electron chi connectivity index (χ4n) is 3.80. The number of hydrogen-bond donors (Lipinski definition) is 1.